The Bertz CT molecular complexity index is 1280. The van der Waals surface area contributed by atoms with Crippen LogP contribution in [-0.4, -0.2) is 13.0 Å². The molecule has 2 aromatic carbocycles. The summed E-state index contributed by atoms with van der Waals surface area (Å²) >= 11 is 6.34. The number of nitrogens with zero attached hydrogens (tertiary/aromatic N) is 1. The predicted octanol–water partition coefficient (Wildman–Crippen LogP) is 5.16. The van der Waals surface area contributed by atoms with Crippen molar-refractivity contribution in [3.63, 3.8) is 0 Å². The number of fused-ring (bicyclic) bond motifs is 1. The number of furan rings is 1. The van der Waals surface area contributed by atoms with Gasteiger partial charge in [0, 0.05) is 5.39 Å². The van der Waals surface area contributed by atoms with Gasteiger partial charge in [-0.2, -0.15) is 0 Å². The highest BCUT2D eigenvalue weighted by molar-refractivity contribution is 6.33. The first-order chi connectivity index (χ1) is 14.5. The molecular weight excluding hydrogens is 404 g/mol. The molecule has 0 bridgehead atoms. The maximum Gasteiger partial charge on any atom is 0.257 e. The molecule has 2 aromatic heterocycles. The summed E-state index contributed by atoms with van der Waals surface area (Å²) in [6.45, 7) is 2.18. The van der Waals surface area contributed by atoms with Gasteiger partial charge < -0.3 is 18.9 Å². The average molecular weight is 423 g/mol. The topological polar surface area (TPSA) is 77.0 Å². The molecule has 0 aliphatic rings. The van der Waals surface area contributed by atoms with Gasteiger partial charge in [-0.25, -0.2) is 4.99 Å². The molecule has 6 nitrogen and oxygen atoms in total. The molecule has 0 saturated carbocycles. The van der Waals surface area contributed by atoms with Gasteiger partial charge in [-0.15, -0.1) is 0 Å². The first kappa shape index (κ1) is 19.8. The minimum atomic E-state index is -0.346. The number of ether oxygens (including phenoxy) is 1. The number of aryl methyl sites for hydroxylation is 1. The summed E-state index contributed by atoms with van der Waals surface area (Å²) in [6.07, 6.45) is 1.55. The van der Waals surface area contributed by atoms with Crippen LogP contribution in [0.1, 0.15) is 21.7 Å². The largest absolute Gasteiger partial charge is 0.493 e. The molecule has 1 amide bonds. The van der Waals surface area contributed by atoms with Gasteiger partial charge in [0.05, 0.1) is 30.6 Å². The molecule has 1 N–H and O–H groups in total. The summed E-state index contributed by atoms with van der Waals surface area (Å²) in [5.41, 5.74) is 2.41. The molecule has 0 aliphatic heterocycles. The van der Waals surface area contributed by atoms with Crippen molar-refractivity contribution < 1.29 is 18.4 Å². The number of benzene rings is 2. The summed E-state index contributed by atoms with van der Waals surface area (Å²) in [4.78, 5) is 17.5. The van der Waals surface area contributed by atoms with Crippen LogP contribution in [0.3, 0.4) is 0 Å². The van der Waals surface area contributed by atoms with E-state index in [0.717, 1.165) is 5.56 Å². The molecule has 0 aliphatic carbocycles. The van der Waals surface area contributed by atoms with Crippen LogP contribution >= 0.6 is 11.6 Å². The lowest BCUT2D eigenvalue weighted by Crippen LogP contribution is -2.28. The highest BCUT2D eigenvalue weighted by atomic mass is 35.5. The molecule has 0 atom stereocenters. The molecule has 2 heterocycles. The van der Waals surface area contributed by atoms with Crippen LogP contribution in [0.25, 0.3) is 11.0 Å². The van der Waals surface area contributed by atoms with Gasteiger partial charge in [-0.05, 0) is 48.9 Å². The number of para-hydroxylation sites is 1. The maximum absolute atomic E-state index is 13.0. The van der Waals surface area contributed by atoms with E-state index < -0.39 is 0 Å². The van der Waals surface area contributed by atoms with Crippen LogP contribution in [0.15, 0.2) is 74.7 Å². The Morgan fingerprint density at radius 2 is 2.03 bits per heavy atom. The number of rotatable bonds is 5. The number of methoxy groups -OCH3 is 1. The first-order valence-corrected chi connectivity index (χ1v) is 9.65. The highest BCUT2D eigenvalue weighted by Gasteiger charge is 2.15. The summed E-state index contributed by atoms with van der Waals surface area (Å²) in [7, 11) is 1.56. The fraction of sp³-hybridized carbons (Fsp3) is 0.130. The van der Waals surface area contributed by atoms with Gasteiger partial charge in [0.15, 0.2) is 11.3 Å². The fourth-order valence-electron chi connectivity index (χ4n) is 3.02. The Morgan fingerprint density at radius 1 is 1.17 bits per heavy atom. The van der Waals surface area contributed by atoms with Crippen LogP contribution in [0.2, 0.25) is 5.02 Å². The van der Waals surface area contributed by atoms with Gasteiger partial charge in [0.1, 0.15) is 11.3 Å². The Kier molecular flexibility index (Phi) is 5.59. The number of halogens is 1. The zero-order valence-electron chi connectivity index (χ0n) is 16.4. The normalized spacial score (nSPS) is 11.6. The third-order valence-electron chi connectivity index (χ3n) is 4.53. The van der Waals surface area contributed by atoms with E-state index in [1.165, 1.54) is 0 Å². The van der Waals surface area contributed by atoms with Crippen molar-refractivity contribution in [2.75, 3.05) is 7.11 Å². The van der Waals surface area contributed by atoms with Crippen molar-refractivity contribution in [3.8, 4) is 5.75 Å². The van der Waals surface area contributed by atoms with E-state index in [-0.39, 0.29) is 23.6 Å². The van der Waals surface area contributed by atoms with Gasteiger partial charge >= 0.3 is 0 Å². The molecule has 7 heteroatoms. The summed E-state index contributed by atoms with van der Waals surface area (Å²) in [6, 6.07) is 16.2. The van der Waals surface area contributed by atoms with E-state index in [1.54, 1.807) is 49.8 Å². The Labute approximate surface area is 177 Å². The number of nitrogens with one attached hydrogen (secondary N) is 1. The van der Waals surface area contributed by atoms with Crippen LogP contribution < -0.4 is 15.6 Å². The van der Waals surface area contributed by atoms with Crippen LogP contribution in [0.5, 0.6) is 5.75 Å². The van der Waals surface area contributed by atoms with E-state index in [9.17, 15) is 4.79 Å². The number of carbonyl (C=O) groups is 1. The second kappa shape index (κ2) is 8.47. The SMILES string of the molecule is COc1cccc2cc(C(=O)NCc3ccco3)c(=Nc3ccc(C)cc3Cl)oc12. The van der Waals surface area contributed by atoms with Gasteiger partial charge in [0.25, 0.3) is 5.91 Å². The van der Waals surface area contributed by atoms with Crippen molar-refractivity contribution in [2.45, 2.75) is 13.5 Å². The van der Waals surface area contributed by atoms with Crippen LogP contribution in [0, 0.1) is 6.92 Å². The molecule has 0 unspecified atom stereocenters. The molecule has 0 fully saturated rings. The van der Waals surface area contributed by atoms with Crippen LogP contribution in [-0.2, 0) is 6.54 Å². The van der Waals surface area contributed by atoms with Gasteiger partial charge in [0.2, 0.25) is 5.55 Å². The van der Waals surface area contributed by atoms with E-state index >= 15 is 0 Å². The van der Waals surface area contributed by atoms with E-state index in [1.807, 2.05) is 25.1 Å². The van der Waals surface area contributed by atoms with Crippen molar-refractivity contribution in [2.24, 2.45) is 4.99 Å². The van der Waals surface area contributed by atoms with E-state index in [2.05, 4.69) is 10.3 Å². The summed E-state index contributed by atoms with van der Waals surface area (Å²) in [5, 5.41) is 4.01. The second-order valence-electron chi connectivity index (χ2n) is 6.67. The molecule has 4 aromatic rings. The third kappa shape index (κ3) is 4.09. The van der Waals surface area contributed by atoms with Crippen molar-refractivity contribution >= 4 is 34.2 Å². The quantitative estimate of drug-likeness (QED) is 0.482. The zero-order valence-corrected chi connectivity index (χ0v) is 17.2. The smallest absolute Gasteiger partial charge is 0.257 e. The zero-order chi connectivity index (χ0) is 21.1. The van der Waals surface area contributed by atoms with E-state index in [0.29, 0.717) is 33.2 Å². The highest BCUT2D eigenvalue weighted by Crippen LogP contribution is 2.27. The lowest BCUT2D eigenvalue weighted by atomic mass is 10.1. The van der Waals surface area contributed by atoms with E-state index in [4.69, 9.17) is 25.2 Å². The van der Waals surface area contributed by atoms with Crippen molar-refractivity contribution in [1.82, 2.24) is 5.32 Å². The Balaban J connectivity index is 1.85. The number of hydrogen-bond acceptors (Lipinski definition) is 5. The van der Waals surface area contributed by atoms with Crippen molar-refractivity contribution in [3.05, 3.63) is 88.3 Å². The molecular formula is C23H19ClN2O4. The molecule has 0 radical (unpaired) electrons. The Hall–Kier alpha value is -3.51. The molecule has 0 saturated heterocycles. The number of amides is 1. The maximum atomic E-state index is 13.0. The lowest BCUT2D eigenvalue weighted by molar-refractivity contribution is 0.0944. The fourth-order valence-corrected chi connectivity index (χ4v) is 3.30. The standard InChI is InChI=1S/C23H19ClN2O4/c1-14-8-9-19(18(24)11-14)26-23-17(22(27)25-13-16-6-4-10-29-16)12-15-5-3-7-20(28-2)21(15)30-23/h3-12H,13H2,1-2H3,(H,25,27). The number of carbonyl (C=O) groups excluding carboxylic acids is 1. The molecule has 0 spiro atoms. The van der Waals surface area contributed by atoms with Gasteiger partial charge in [-0.3, -0.25) is 4.79 Å². The van der Waals surface area contributed by atoms with Crippen molar-refractivity contribution in [1.29, 1.82) is 0 Å². The van der Waals surface area contributed by atoms with Crippen LogP contribution in [0.4, 0.5) is 5.69 Å². The molecule has 30 heavy (non-hydrogen) atoms. The third-order valence-corrected chi connectivity index (χ3v) is 4.83. The Morgan fingerprint density at radius 3 is 2.77 bits per heavy atom. The average Bonchev–Trinajstić information content (AvgIpc) is 3.26. The lowest BCUT2D eigenvalue weighted by Gasteiger charge is -2.08. The second-order valence-corrected chi connectivity index (χ2v) is 7.08. The predicted molar refractivity (Wildman–Crippen MR) is 114 cm³/mol. The number of hydrogen-bond donors (Lipinski definition) is 1. The minimum Gasteiger partial charge on any atom is -0.493 e. The minimum absolute atomic E-state index is 0.134. The van der Waals surface area contributed by atoms with Gasteiger partial charge in [-0.1, -0.05) is 29.8 Å². The first-order valence-electron chi connectivity index (χ1n) is 9.27. The molecule has 152 valence electrons. The summed E-state index contributed by atoms with van der Waals surface area (Å²) in [5.74, 6) is 0.839. The monoisotopic (exact) mass is 422 g/mol. The summed E-state index contributed by atoms with van der Waals surface area (Å²) < 4.78 is 16.7. The molecule has 4 rings (SSSR count).